The van der Waals surface area contributed by atoms with Gasteiger partial charge >= 0.3 is 0 Å². The van der Waals surface area contributed by atoms with Crippen molar-refractivity contribution in [1.29, 1.82) is 0 Å². The summed E-state index contributed by atoms with van der Waals surface area (Å²) in [6, 6.07) is 7.70. The van der Waals surface area contributed by atoms with Crippen LogP contribution < -0.4 is 0 Å². The lowest BCUT2D eigenvalue weighted by Crippen LogP contribution is -1.16. The largest absolute Gasteiger partial charge is 0.473 e. The van der Waals surface area contributed by atoms with E-state index in [9.17, 15) is 0 Å². The average molecular weight is 168 g/mol. The Morgan fingerprint density at radius 3 is 1.55 bits per heavy atom. The summed E-state index contributed by atoms with van der Waals surface area (Å²) in [5.74, 6) is 0. The monoisotopic (exact) mass is 168 g/mol. The molecule has 0 aromatic carbocycles. The molecule has 0 amide bonds. The molecule has 0 saturated carbocycles. The Kier molecular flexibility index (Phi) is 6.43. The third-order valence-corrected chi connectivity index (χ3v) is 1.48. The maximum Gasteiger partial charge on any atom is 0.0902 e. The van der Waals surface area contributed by atoms with E-state index in [1.54, 1.807) is 23.9 Å². The second-order valence-electron chi connectivity index (χ2n) is 1.59. The SMILES string of the molecule is C.c1ccoc1.c1ccsc1. The fraction of sp³-hybridized carbons (Fsp3) is 0.111. The van der Waals surface area contributed by atoms with Crippen LogP contribution in [0.4, 0.5) is 0 Å². The van der Waals surface area contributed by atoms with Gasteiger partial charge in [-0.05, 0) is 22.9 Å². The molecule has 60 valence electrons. The summed E-state index contributed by atoms with van der Waals surface area (Å²) in [6.45, 7) is 0. The lowest BCUT2D eigenvalue weighted by atomic mass is 10.7. The van der Waals surface area contributed by atoms with Crippen molar-refractivity contribution in [3.8, 4) is 0 Å². The van der Waals surface area contributed by atoms with E-state index < -0.39 is 0 Å². The van der Waals surface area contributed by atoms with E-state index in [1.165, 1.54) is 0 Å². The molecule has 0 N–H and O–H groups in total. The van der Waals surface area contributed by atoms with E-state index in [-0.39, 0.29) is 7.43 Å². The van der Waals surface area contributed by atoms with Crippen molar-refractivity contribution < 1.29 is 4.42 Å². The van der Waals surface area contributed by atoms with Crippen LogP contribution in [0.1, 0.15) is 7.43 Å². The molecule has 2 heterocycles. The van der Waals surface area contributed by atoms with Crippen LogP contribution in [0.3, 0.4) is 0 Å². The highest BCUT2D eigenvalue weighted by Gasteiger charge is 1.59. The molecule has 0 bridgehead atoms. The molecule has 0 aliphatic rings. The Balaban J connectivity index is 0.000000167. The van der Waals surface area contributed by atoms with Gasteiger partial charge in [0, 0.05) is 0 Å². The average Bonchev–Trinajstić information content (AvgIpc) is 2.67. The molecule has 0 unspecified atom stereocenters. The van der Waals surface area contributed by atoms with Gasteiger partial charge in [-0.25, -0.2) is 0 Å². The quantitative estimate of drug-likeness (QED) is 0.585. The standard InChI is InChI=1S/C4H4O.C4H4S.CH4/c2*1-2-4-5-3-1;/h2*1-4H;1H4. The number of hydrogen-bond acceptors (Lipinski definition) is 2. The Bertz CT molecular complexity index is 149. The summed E-state index contributed by atoms with van der Waals surface area (Å²) >= 11 is 1.71. The van der Waals surface area contributed by atoms with E-state index in [0.29, 0.717) is 0 Å². The Morgan fingerprint density at radius 1 is 0.818 bits per heavy atom. The van der Waals surface area contributed by atoms with Crippen LogP contribution in [0.15, 0.2) is 52.0 Å². The molecular weight excluding hydrogens is 156 g/mol. The summed E-state index contributed by atoms with van der Waals surface area (Å²) in [7, 11) is 0. The highest BCUT2D eigenvalue weighted by molar-refractivity contribution is 7.07. The van der Waals surface area contributed by atoms with Crippen molar-refractivity contribution in [2.45, 2.75) is 7.43 Å². The summed E-state index contributed by atoms with van der Waals surface area (Å²) in [4.78, 5) is 0. The van der Waals surface area contributed by atoms with E-state index in [0.717, 1.165) is 0 Å². The first-order valence-corrected chi connectivity index (χ1v) is 3.89. The normalized spacial score (nSPS) is 7.27. The van der Waals surface area contributed by atoms with E-state index in [2.05, 4.69) is 4.42 Å². The topological polar surface area (TPSA) is 13.1 Å². The van der Waals surface area contributed by atoms with Gasteiger partial charge in [-0.1, -0.05) is 19.6 Å². The molecule has 2 heteroatoms. The van der Waals surface area contributed by atoms with Gasteiger partial charge in [0.05, 0.1) is 12.5 Å². The highest BCUT2D eigenvalue weighted by Crippen LogP contribution is 1.91. The molecule has 2 aromatic heterocycles. The van der Waals surface area contributed by atoms with Crippen LogP contribution in [-0.4, -0.2) is 0 Å². The van der Waals surface area contributed by atoms with Crippen LogP contribution in [0.25, 0.3) is 0 Å². The molecule has 0 atom stereocenters. The van der Waals surface area contributed by atoms with Crippen LogP contribution in [0.2, 0.25) is 0 Å². The van der Waals surface area contributed by atoms with Gasteiger partial charge in [0.2, 0.25) is 0 Å². The Labute approximate surface area is 71.3 Å². The van der Waals surface area contributed by atoms with Crippen molar-refractivity contribution in [3.63, 3.8) is 0 Å². The third-order valence-electron chi connectivity index (χ3n) is 0.851. The summed E-state index contributed by atoms with van der Waals surface area (Å²) in [5, 5.41) is 4.08. The van der Waals surface area contributed by atoms with Crippen LogP contribution in [0.5, 0.6) is 0 Å². The first-order valence-electron chi connectivity index (χ1n) is 2.94. The van der Waals surface area contributed by atoms with Crippen molar-refractivity contribution >= 4 is 11.3 Å². The van der Waals surface area contributed by atoms with E-state index in [1.807, 2.05) is 35.0 Å². The van der Waals surface area contributed by atoms with Crippen LogP contribution >= 0.6 is 11.3 Å². The van der Waals surface area contributed by atoms with Gasteiger partial charge < -0.3 is 4.42 Å². The molecule has 1 nitrogen and oxygen atoms in total. The predicted molar refractivity (Wildman–Crippen MR) is 49.8 cm³/mol. The van der Waals surface area contributed by atoms with Gasteiger partial charge in [0.15, 0.2) is 0 Å². The van der Waals surface area contributed by atoms with Crippen molar-refractivity contribution in [2.75, 3.05) is 0 Å². The maximum atomic E-state index is 4.58. The molecule has 0 saturated heterocycles. The van der Waals surface area contributed by atoms with Crippen molar-refractivity contribution in [1.82, 2.24) is 0 Å². The lowest BCUT2D eigenvalue weighted by Gasteiger charge is -1.50. The molecule has 0 spiro atoms. The van der Waals surface area contributed by atoms with Gasteiger partial charge in [-0.2, -0.15) is 11.3 Å². The summed E-state index contributed by atoms with van der Waals surface area (Å²) in [5.41, 5.74) is 0. The smallest absolute Gasteiger partial charge is 0.0902 e. The number of thiophene rings is 1. The highest BCUT2D eigenvalue weighted by atomic mass is 32.1. The van der Waals surface area contributed by atoms with E-state index in [4.69, 9.17) is 0 Å². The van der Waals surface area contributed by atoms with Gasteiger partial charge in [0.1, 0.15) is 0 Å². The van der Waals surface area contributed by atoms with Crippen molar-refractivity contribution in [3.05, 3.63) is 47.6 Å². The predicted octanol–water partition coefficient (Wildman–Crippen LogP) is 3.66. The van der Waals surface area contributed by atoms with Gasteiger partial charge in [-0.15, -0.1) is 0 Å². The maximum absolute atomic E-state index is 4.58. The molecule has 2 rings (SSSR count). The number of furan rings is 1. The molecule has 11 heavy (non-hydrogen) atoms. The summed E-state index contributed by atoms with van der Waals surface area (Å²) in [6.07, 6.45) is 3.25. The Hall–Kier alpha value is -1.02. The molecule has 0 aliphatic carbocycles. The van der Waals surface area contributed by atoms with Gasteiger partial charge in [-0.3, -0.25) is 0 Å². The molecular formula is C9H12OS. The fourth-order valence-electron chi connectivity index (χ4n) is 0.454. The summed E-state index contributed by atoms with van der Waals surface area (Å²) < 4.78 is 4.58. The zero-order valence-corrected chi connectivity index (χ0v) is 6.25. The lowest BCUT2D eigenvalue weighted by molar-refractivity contribution is 0.567. The zero-order chi connectivity index (χ0) is 7.07. The van der Waals surface area contributed by atoms with Crippen LogP contribution in [-0.2, 0) is 0 Å². The van der Waals surface area contributed by atoms with Crippen LogP contribution in [0, 0.1) is 0 Å². The number of hydrogen-bond donors (Lipinski definition) is 0. The Morgan fingerprint density at radius 2 is 1.36 bits per heavy atom. The van der Waals surface area contributed by atoms with Crippen molar-refractivity contribution in [2.24, 2.45) is 0 Å². The second-order valence-corrected chi connectivity index (χ2v) is 2.40. The molecule has 0 radical (unpaired) electrons. The minimum atomic E-state index is 0. The first-order chi connectivity index (χ1) is 5.00. The fourth-order valence-corrected chi connectivity index (χ4v) is 0.907. The zero-order valence-electron chi connectivity index (χ0n) is 5.44. The first kappa shape index (κ1) is 9.98. The third kappa shape index (κ3) is 5.43. The van der Waals surface area contributed by atoms with E-state index >= 15 is 0 Å². The second kappa shape index (κ2) is 7.09. The van der Waals surface area contributed by atoms with Gasteiger partial charge in [0.25, 0.3) is 0 Å². The minimum absolute atomic E-state index is 0. The molecule has 0 fully saturated rings. The molecule has 2 aromatic rings. The number of rotatable bonds is 0. The molecule has 0 aliphatic heterocycles. The minimum Gasteiger partial charge on any atom is -0.473 e.